The first-order valence-corrected chi connectivity index (χ1v) is 9.35. The number of carbonyl (C=O) groups excluding carboxylic acids is 1. The molecule has 1 aromatic heterocycles. The van der Waals surface area contributed by atoms with Crippen LogP contribution in [0.1, 0.15) is 48.9 Å². The summed E-state index contributed by atoms with van der Waals surface area (Å²) in [5.74, 6) is 1.20. The highest BCUT2D eigenvalue weighted by molar-refractivity contribution is 5.78. The number of hydrogen-bond donors (Lipinski definition) is 2. The van der Waals surface area contributed by atoms with Crippen LogP contribution in [0.3, 0.4) is 0 Å². The summed E-state index contributed by atoms with van der Waals surface area (Å²) < 4.78 is 0. The van der Waals surface area contributed by atoms with Crippen LogP contribution in [0.25, 0.3) is 0 Å². The lowest BCUT2D eigenvalue weighted by Gasteiger charge is -2.32. The smallest absolute Gasteiger partial charge is 0.234 e. The summed E-state index contributed by atoms with van der Waals surface area (Å²) in [6.45, 7) is 2.41. The fourth-order valence-corrected chi connectivity index (χ4v) is 3.93. The van der Waals surface area contributed by atoms with Gasteiger partial charge in [0.15, 0.2) is 0 Å². The van der Waals surface area contributed by atoms with E-state index in [0.29, 0.717) is 18.4 Å². The predicted octanol–water partition coefficient (Wildman–Crippen LogP) is 2.86. The van der Waals surface area contributed by atoms with Gasteiger partial charge in [-0.3, -0.25) is 14.8 Å². The SMILES string of the molecule is O=C(CN1CCCC(c2ccn[nH]2)C1)NC(c1ccccc1)C1CC1. The quantitative estimate of drug-likeness (QED) is 0.851. The van der Waals surface area contributed by atoms with Crippen LogP contribution in [0.5, 0.6) is 0 Å². The zero-order valence-electron chi connectivity index (χ0n) is 14.5. The van der Waals surface area contributed by atoms with Crippen molar-refractivity contribution in [1.29, 1.82) is 0 Å². The molecule has 2 aromatic rings. The maximum atomic E-state index is 12.6. The molecule has 2 aliphatic rings. The number of nitrogens with one attached hydrogen (secondary N) is 2. The summed E-state index contributed by atoms with van der Waals surface area (Å²) in [7, 11) is 0. The summed E-state index contributed by atoms with van der Waals surface area (Å²) >= 11 is 0. The summed E-state index contributed by atoms with van der Waals surface area (Å²) in [5, 5.41) is 10.4. The average molecular weight is 338 g/mol. The van der Waals surface area contributed by atoms with Gasteiger partial charge in [-0.1, -0.05) is 30.3 Å². The van der Waals surface area contributed by atoms with Crippen LogP contribution >= 0.6 is 0 Å². The number of aromatic amines is 1. The maximum absolute atomic E-state index is 12.6. The van der Waals surface area contributed by atoms with E-state index in [0.717, 1.165) is 25.9 Å². The minimum atomic E-state index is 0.144. The molecule has 5 heteroatoms. The average Bonchev–Trinajstić information content (AvgIpc) is 3.33. The van der Waals surface area contributed by atoms with Crippen LogP contribution in [0.15, 0.2) is 42.6 Å². The van der Waals surface area contributed by atoms with Crippen LogP contribution in [0, 0.1) is 5.92 Å². The van der Waals surface area contributed by atoms with Gasteiger partial charge in [0.05, 0.1) is 12.6 Å². The Labute approximate surface area is 148 Å². The van der Waals surface area contributed by atoms with Crippen molar-refractivity contribution >= 4 is 5.91 Å². The molecule has 1 saturated heterocycles. The number of nitrogens with zero attached hydrogens (tertiary/aromatic N) is 2. The van der Waals surface area contributed by atoms with Gasteiger partial charge in [0.2, 0.25) is 5.91 Å². The topological polar surface area (TPSA) is 61.0 Å². The Kier molecular flexibility index (Phi) is 4.83. The highest BCUT2D eigenvalue weighted by Gasteiger charge is 2.33. The van der Waals surface area contributed by atoms with Crippen LogP contribution in [-0.4, -0.2) is 40.6 Å². The molecule has 132 valence electrons. The molecule has 1 aromatic carbocycles. The Morgan fingerprint density at radius 2 is 2.08 bits per heavy atom. The van der Waals surface area contributed by atoms with Gasteiger partial charge in [0.25, 0.3) is 0 Å². The molecule has 25 heavy (non-hydrogen) atoms. The Hall–Kier alpha value is -2.14. The maximum Gasteiger partial charge on any atom is 0.234 e. The number of aromatic nitrogens is 2. The molecule has 2 unspecified atom stereocenters. The zero-order valence-corrected chi connectivity index (χ0v) is 14.5. The van der Waals surface area contributed by atoms with Gasteiger partial charge < -0.3 is 5.32 Å². The fourth-order valence-electron chi connectivity index (χ4n) is 3.93. The third-order valence-corrected chi connectivity index (χ3v) is 5.40. The second kappa shape index (κ2) is 7.40. The van der Waals surface area contributed by atoms with E-state index in [2.05, 4.69) is 44.7 Å². The molecule has 2 heterocycles. The lowest BCUT2D eigenvalue weighted by atomic mass is 9.95. The van der Waals surface area contributed by atoms with Crippen molar-refractivity contribution in [2.24, 2.45) is 5.92 Å². The zero-order chi connectivity index (χ0) is 17.1. The van der Waals surface area contributed by atoms with Gasteiger partial charge >= 0.3 is 0 Å². The van der Waals surface area contributed by atoms with Gasteiger partial charge in [0.1, 0.15) is 0 Å². The van der Waals surface area contributed by atoms with E-state index in [1.807, 2.05) is 12.1 Å². The Bertz CT molecular complexity index is 681. The Morgan fingerprint density at radius 1 is 1.24 bits per heavy atom. The Balaban J connectivity index is 1.35. The largest absolute Gasteiger partial charge is 0.348 e. The Morgan fingerprint density at radius 3 is 2.80 bits per heavy atom. The van der Waals surface area contributed by atoms with Gasteiger partial charge in [-0.2, -0.15) is 5.10 Å². The van der Waals surface area contributed by atoms with E-state index in [9.17, 15) is 4.79 Å². The third kappa shape index (κ3) is 4.10. The molecule has 2 N–H and O–H groups in total. The summed E-state index contributed by atoms with van der Waals surface area (Å²) in [5.41, 5.74) is 2.41. The van der Waals surface area contributed by atoms with Gasteiger partial charge in [-0.05, 0) is 49.8 Å². The highest BCUT2D eigenvalue weighted by Crippen LogP contribution is 2.40. The lowest BCUT2D eigenvalue weighted by Crippen LogP contribution is -2.43. The number of carbonyl (C=O) groups is 1. The van der Waals surface area contributed by atoms with E-state index in [1.54, 1.807) is 6.20 Å². The summed E-state index contributed by atoms with van der Waals surface area (Å²) in [4.78, 5) is 14.9. The number of likely N-dealkylation sites (tertiary alicyclic amines) is 1. The predicted molar refractivity (Wildman–Crippen MR) is 97.1 cm³/mol. The van der Waals surface area contributed by atoms with Crippen molar-refractivity contribution in [3.63, 3.8) is 0 Å². The molecule has 1 aliphatic carbocycles. The molecule has 0 radical (unpaired) electrons. The van der Waals surface area contributed by atoms with E-state index < -0.39 is 0 Å². The van der Waals surface area contributed by atoms with Crippen molar-refractivity contribution < 1.29 is 4.79 Å². The number of piperidine rings is 1. The van der Waals surface area contributed by atoms with Crippen LogP contribution in [0.2, 0.25) is 0 Å². The second-order valence-electron chi connectivity index (χ2n) is 7.38. The summed E-state index contributed by atoms with van der Waals surface area (Å²) in [6.07, 6.45) is 6.52. The monoisotopic (exact) mass is 338 g/mol. The number of amides is 1. The summed E-state index contributed by atoms with van der Waals surface area (Å²) in [6, 6.07) is 12.6. The number of H-pyrrole nitrogens is 1. The molecule has 2 fully saturated rings. The van der Waals surface area contributed by atoms with E-state index in [-0.39, 0.29) is 11.9 Å². The highest BCUT2D eigenvalue weighted by atomic mass is 16.2. The first-order valence-electron chi connectivity index (χ1n) is 9.35. The minimum Gasteiger partial charge on any atom is -0.348 e. The van der Waals surface area contributed by atoms with Crippen LogP contribution < -0.4 is 5.32 Å². The molecule has 0 bridgehead atoms. The minimum absolute atomic E-state index is 0.144. The van der Waals surface area contributed by atoms with Gasteiger partial charge in [0, 0.05) is 24.4 Å². The number of rotatable bonds is 6. The van der Waals surface area contributed by atoms with Crippen molar-refractivity contribution in [2.75, 3.05) is 19.6 Å². The van der Waals surface area contributed by atoms with E-state index in [1.165, 1.54) is 24.1 Å². The standard InChI is InChI=1S/C20H26N4O/c25-19(22-20(16-8-9-16)15-5-2-1-3-6-15)14-24-12-4-7-17(13-24)18-10-11-21-23-18/h1-3,5-6,10-11,16-17,20H,4,7-9,12-14H2,(H,21,23)(H,22,25). The molecule has 2 atom stereocenters. The van der Waals surface area contributed by atoms with Crippen molar-refractivity contribution in [3.8, 4) is 0 Å². The third-order valence-electron chi connectivity index (χ3n) is 5.40. The lowest BCUT2D eigenvalue weighted by molar-refractivity contribution is -0.123. The van der Waals surface area contributed by atoms with Gasteiger partial charge in [-0.15, -0.1) is 0 Å². The van der Waals surface area contributed by atoms with E-state index in [4.69, 9.17) is 0 Å². The molecule has 1 amide bonds. The molecular formula is C20H26N4O. The van der Waals surface area contributed by atoms with Crippen LogP contribution in [-0.2, 0) is 4.79 Å². The van der Waals surface area contributed by atoms with Crippen molar-refractivity contribution in [3.05, 3.63) is 53.9 Å². The van der Waals surface area contributed by atoms with Gasteiger partial charge in [-0.25, -0.2) is 0 Å². The van der Waals surface area contributed by atoms with Crippen molar-refractivity contribution in [1.82, 2.24) is 20.4 Å². The number of benzene rings is 1. The second-order valence-corrected chi connectivity index (χ2v) is 7.38. The molecule has 4 rings (SSSR count). The van der Waals surface area contributed by atoms with E-state index >= 15 is 0 Å². The van der Waals surface area contributed by atoms with Crippen molar-refractivity contribution in [2.45, 2.75) is 37.6 Å². The molecule has 5 nitrogen and oxygen atoms in total. The molecule has 0 spiro atoms. The first-order chi connectivity index (χ1) is 12.3. The molecular weight excluding hydrogens is 312 g/mol. The molecule has 1 aliphatic heterocycles. The van der Waals surface area contributed by atoms with Crippen LogP contribution in [0.4, 0.5) is 0 Å². The normalized spacial score (nSPS) is 22.5. The fraction of sp³-hybridized carbons (Fsp3) is 0.500. The molecule has 1 saturated carbocycles. The number of hydrogen-bond acceptors (Lipinski definition) is 3. The first kappa shape index (κ1) is 16.3.